The maximum atomic E-state index is 11.9. The molecule has 0 saturated carbocycles. The van der Waals surface area contributed by atoms with Gasteiger partial charge in [-0.3, -0.25) is 4.79 Å². The summed E-state index contributed by atoms with van der Waals surface area (Å²) in [6.45, 7) is 6.04. The van der Waals surface area contributed by atoms with Gasteiger partial charge in [-0.05, 0) is 18.2 Å². The first-order chi connectivity index (χ1) is 11.8. The molecular weight excluding hydrogens is 306 g/mol. The van der Waals surface area contributed by atoms with Crippen LogP contribution in [0.2, 0.25) is 0 Å². The van der Waals surface area contributed by atoms with E-state index in [1.165, 1.54) is 4.80 Å². The van der Waals surface area contributed by atoms with Crippen molar-refractivity contribution in [3.63, 3.8) is 0 Å². The van der Waals surface area contributed by atoms with Gasteiger partial charge in [0.1, 0.15) is 6.54 Å². The molecule has 1 aliphatic heterocycles. The lowest BCUT2D eigenvalue weighted by Gasteiger charge is -2.27. The Bertz CT molecular complexity index is 637. The Balaban J connectivity index is 1.38. The number of amides is 1. The minimum atomic E-state index is -0.0904. The van der Waals surface area contributed by atoms with E-state index in [4.69, 9.17) is 0 Å². The Kier molecular flexibility index (Phi) is 5.86. The van der Waals surface area contributed by atoms with Gasteiger partial charge in [-0.2, -0.15) is 4.80 Å². The molecule has 8 heteroatoms. The zero-order chi connectivity index (χ0) is 16.6. The molecule has 8 nitrogen and oxygen atoms in total. The first kappa shape index (κ1) is 16.5. The topological polar surface area (TPSA) is 88.0 Å². The summed E-state index contributed by atoms with van der Waals surface area (Å²) < 4.78 is 0. The van der Waals surface area contributed by atoms with Gasteiger partial charge in [-0.1, -0.05) is 30.3 Å². The summed E-state index contributed by atoms with van der Waals surface area (Å²) in [6.07, 6.45) is 0.950. The fourth-order valence-corrected chi connectivity index (χ4v) is 2.66. The third kappa shape index (κ3) is 4.84. The van der Waals surface area contributed by atoms with Crippen LogP contribution in [0.5, 0.6) is 0 Å². The molecule has 2 heterocycles. The lowest BCUT2D eigenvalue weighted by atomic mass is 10.2. The van der Waals surface area contributed by atoms with Gasteiger partial charge < -0.3 is 15.5 Å². The monoisotopic (exact) mass is 329 g/mol. The van der Waals surface area contributed by atoms with Crippen molar-refractivity contribution < 1.29 is 4.79 Å². The van der Waals surface area contributed by atoms with E-state index < -0.39 is 0 Å². The number of nitrogens with one attached hydrogen (secondary N) is 2. The summed E-state index contributed by atoms with van der Waals surface area (Å²) in [4.78, 5) is 15.7. The molecule has 1 fully saturated rings. The van der Waals surface area contributed by atoms with Gasteiger partial charge in [0, 0.05) is 38.3 Å². The molecule has 3 rings (SSSR count). The molecule has 128 valence electrons. The van der Waals surface area contributed by atoms with Crippen LogP contribution in [0, 0.1) is 0 Å². The first-order valence-electron chi connectivity index (χ1n) is 8.34. The summed E-state index contributed by atoms with van der Waals surface area (Å²) in [5.41, 5.74) is 0.889. The molecule has 1 aliphatic rings. The highest BCUT2D eigenvalue weighted by molar-refractivity contribution is 5.75. The lowest BCUT2D eigenvalue weighted by Crippen LogP contribution is -2.44. The zero-order valence-electron chi connectivity index (χ0n) is 13.7. The third-order valence-corrected chi connectivity index (χ3v) is 3.95. The highest BCUT2D eigenvalue weighted by atomic mass is 16.2. The van der Waals surface area contributed by atoms with Gasteiger partial charge in [0.05, 0.1) is 0 Å². The summed E-state index contributed by atoms with van der Waals surface area (Å²) in [5.74, 6) is 0.439. The van der Waals surface area contributed by atoms with E-state index in [0.717, 1.165) is 44.7 Å². The van der Waals surface area contributed by atoms with E-state index >= 15 is 0 Å². The standard InChI is InChI=1S/C16H23N7O/c24-15(18-7-4-10-22-11-8-17-9-12-22)13-23-20-16(19-21-23)14-5-2-1-3-6-14/h1-3,5-6,17H,4,7-13H2,(H,18,24). The van der Waals surface area contributed by atoms with Gasteiger partial charge >= 0.3 is 0 Å². The number of aromatic nitrogens is 4. The van der Waals surface area contributed by atoms with Crippen molar-refractivity contribution in [1.29, 1.82) is 0 Å². The number of hydrogen-bond acceptors (Lipinski definition) is 6. The molecule has 2 aromatic rings. The van der Waals surface area contributed by atoms with Gasteiger partial charge in [0.2, 0.25) is 11.7 Å². The van der Waals surface area contributed by atoms with E-state index in [2.05, 4.69) is 30.9 Å². The van der Waals surface area contributed by atoms with Gasteiger partial charge in [0.15, 0.2) is 0 Å². The molecule has 0 spiro atoms. The van der Waals surface area contributed by atoms with Crippen LogP contribution in [-0.4, -0.2) is 70.3 Å². The summed E-state index contributed by atoms with van der Waals surface area (Å²) >= 11 is 0. The van der Waals surface area contributed by atoms with Crippen LogP contribution >= 0.6 is 0 Å². The Morgan fingerprint density at radius 2 is 2.00 bits per heavy atom. The van der Waals surface area contributed by atoms with Crippen LogP contribution < -0.4 is 10.6 Å². The number of carbonyl (C=O) groups excluding carboxylic acids is 1. The van der Waals surface area contributed by atoms with E-state index in [-0.39, 0.29) is 12.5 Å². The number of carbonyl (C=O) groups is 1. The van der Waals surface area contributed by atoms with Gasteiger partial charge in [-0.25, -0.2) is 0 Å². The number of piperazine rings is 1. The first-order valence-corrected chi connectivity index (χ1v) is 8.34. The SMILES string of the molecule is O=C(Cn1nnc(-c2ccccc2)n1)NCCCN1CCNCC1. The molecule has 0 atom stereocenters. The van der Waals surface area contributed by atoms with E-state index in [1.54, 1.807) is 0 Å². The predicted octanol–water partition coefficient (Wildman–Crippen LogP) is -0.248. The predicted molar refractivity (Wildman–Crippen MR) is 90.2 cm³/mol. The highest BCUT2D eigenvalue weighted by Crippen LogP contribution is 2.11. The fourth-order valence-electron chi connectivity index (χ4n) is 2.66. The van der Waals surface area contributed by atoms with E-state index in [1.807, 2.05) is 30.3 Å². The van der Waals surface area contributed by atoms with Crippen LogP contribution in [0.1, 0.15) is 6.42 Å². The number of nitrogens with zero attached hydrogens (tertiary/aromatic N) is 5. The Morgan fingerprint density at radius 3 is 2.79 bits per heavy atom. The molecule has 1 amide bonds. The van der Waals surface area contributed by atoms with E-state index in [9.17, 15) is 4.79 Å². The summed E-state index contributed by atoms with van der Waals surface area (Å²) in [6, 6.07) is 9.60. The maximum absolute atomic E-state index is 11.9. The van der Waals surface area contributed by atoms with Crippen LogP contribution in [-0.2, 0) is 11.3 Å². The van der Waals surface area contributed by atoms with Crippen molar-refractivity contribution in [2.24, 2.45) is 0 Å². The molecule has 0 radical (unpaired) electrons. The molecule has 0 aliphatic carbocycles. The van der Waals surface area contributed by atoms with Gasteiger partial charge in [-0.15, -0.1) is 10.2 Å². The average Bonchev–Trinajstić information content (AvgIpc) is 3.09. The van der Waals surface area contributed by atoms with Crippen molar-refractivity contribution >= 4 is 5.91 Å². The second-order valence-corrected chi connectivity index (χ2v) is 5.80. The zero-order valence-corrected chi connectivity index (χ0v) is 13.7. The summed E-state index contributed by atoms with van der Waals surface area (Å²) in [5, 5.41) is 18.4. The number of rotatable bonds is 7. The van der Waals surface area contributed by atoms with Crippen molar-refractivity contribution in [3.8, 4) is 11.4 Å². The van der Waals surface area contributed by atoms with Crippen molar-refractivity contribution in [2.75, 3.05) is 39.3 Å². The fraction of sp³-hybridized carbons (Fsp3) is 0.500. The molecule has 2 N–H and O–H groups in total. The second-order valence-electron chi connectivity index (χ2n) is 5.80. The molecule has 1 aromatic heterocycles. The average molecular weight is 329 g/mol. The minimum absolute atomic E-state index is 0.0904. The van der Waals surface area contributed by atoms with Crippen molar-refractivity contribution in [2.45, 2.75) is 13.0 Å². The summed E-state index contributed by atoms with van der Waals surface area (Å²) in [7, 11) is 0. The Morgan fingerprint density at radius 1 is 1.21 bits per heavy atom. The Hall–Kier alpha value is -2.32. The molecule has 24 heavy (non-hydrogen) atoms. The Labute approximate surface area is 141 Å². The molecule has 0 bridgehead atoms. The lowest BCUT2D eigenvalue weighted by molar-refractivity contribution is -0.122. The number of tetrazole rings is 1. The number of benzene rings is 1. The van der Waals surface area contributed by atoms with Crippen LogP contribution in [0.25, 0.3) is 11.4 Å². The van der Waals surface area contributed by atoms with Gasteiger partial charge in [0.25, 0.3) is 0 Å². The molecule has 1 aromatic carbocycles. The molecule has 0 unspecified atom stereocenters. The largest absolute Gasteiger partial charge is 0.354 e. The number of hydrogen-bond donors (Lipinski definition) is 2. The highest BCUT2D eigenvalue weighted by Gasteiger charge is 2.10. The van der Waals surface area contributed by atoms with Crippen LogP contribution in [0.4, 0.5) is 0 Å². The molecule has 1 saturated heterocycles. The molecular formula is C16H23N7O. The minimum Gasteiger partial charge on any atom is -0.354 e. The third-order valence-electron chi connectivity index (χ3n) is 3.95. The van der Waals surface area contributed by atoms with Crippen molar-refractivity contribution in [1.82, 2.24) is 35.7 Å². The van der Waals surface area contributed by atoms with Crippen molar-refractivity contribution in [3.05, 3.63) is 30.3 Å². The maximum Gasteiger partial charge on any atom is 0.243 e. The van der Waals surface area contributed by atoms with E-state index in [0.29, 0.717) is 12.4 Å². The normalized spacial score (nSPS) is 15.3. The second kappa shape index (κ2) is 8.51. The quantitative estimate of drug-likeness (QED) is 0.681. The smallest absolute Gasteiger partial charge is 0.243 e. The van der Waals surface area contributed by atoms with Crippen LogP contribution in [0.3, 0.4) is 0 Å². The van der Waals surface area contributed by atoms with Crippen LogP contribution in [0.15, 0.2) is 30.3 Å².